The Hall–Kier alpha value is -2.73. The van der Waals surface area contributed by atoms with Gasteiger partial charge >= 0.3 is 5.97 Å². The minimum atomic E-state index is -1.32. The first-order chi connectivity index (χ1) is 14.5. The SMILES string of the molecule is COc1cc(C(=O)O)c(F)cc1-c1cnc(-c2ccc(C3CCC(C)CC3)cc2)s1. The zero-order valence-electron chi connectivity index (χ0n) is 17.0. The molecule has 1 aliphatic carbocycles. The number of rotatable bonds is 5. The first-order valence-corrected chi connectivity index (χ1v) is 10.9. The average Bonchev–Trinajstić information content (AvgIpc) is 3.24. The molecule has 0 radical (unpaired) electrons. The van der Waals surface area contributed by atoms with Gasteiger partial charge in [0.25, 0.3) is 0 Å². The monoisotopic (exact) mass is 425 g/mol. The van der Waals surface area contributed by atoms with Crippen molar-refractivity contribution in [2.45, 2.75) is 38.5 Å². The van der Waals surface area contributed by atoms with Crippen LogP contribution in [0.4, 0.5) is 4.39 Å². The van der Waals surface area contributed by atoms with Gasteiger partial charge in [-0.05, 0) is 42.4 Å². The highest BCUT2D eigenvalue weighted by atomic mass is 32.1. The molecule has 0 aliphatic heterocycles. The second-order valence-corrected chi connectivity index (χ2v) is 8.98. The first-order valence-electron chi connectivity index (χ1n) is 10.1. The van der Waals surface area contributed by atoms with Crippen molar-refractivity contribution in [1.82, 2.24) is 4.98 Å². The van der Waals surface area contributed by atoms with Crippen LogP contribution in [0.5, 0.6) is 5.75 Å². The van der Waals surface area contributed by atoms with Gasteiger partial charge in [0, 0.05) is 17.3 Å². The molecule has 0 atom stereocenters. The Morgan fingerprint density at radius 3 is 2.50 bits per heavy atom. The van der Waals surface area contributed by atoms with Crippen molar-refractivity contribution in [3.63, 3.8) is 0 Å². The molecule has 4 rings (SSSR count). The number of methoxy groups -OCH3 is 1. The van der Waals surface area contributed by atoms with E-state index in [1.807, 2.05) is 0 Å². The molecule has 4 nitrogen and oxygen atoms in total. The van der Waals surface area contributed by atoms with Crippen LogP contribution < -0.4 is 4.74 Å². The molecular weight excluding hydrogens is 401 g/mol. The van der Waals surface area contributed by atoms with Crippen LogP contribution in [0.3, 0.4) is 0 Å². The molecule has 3 aromatic rings. The van der Waals surface area contributed by atoms with Gasteiger partial charge in [0.15, 0.2) is 0 Å². The van der Waals surface area contributed by atoms with E-state index in [1.54, 1.807) is 6.20 Å². The zero-order chi connectivity index (χ0) is 21.3. The minimum Gasteiger partial charge on any atom is -0.496 e. The number of hydrogen-bond donors (Lipinski definition) is 1. The van der Waals surface area contributed by atoms with E-state index in [2.05, 4.69) is 36.2 Å². The van der Waals surface area contributed by atoms with Crippen LogP contribution in [-0.4, -0.2) is 23.2 Å². The number of carboxylic acids is 1. The van der Waals surface area contributed by atoms with Crippen LogP contribution in [0.2, 0.25) is 0 Å². The molecule has 0 spiro atoms. The molecule has 1 aliphatic rings. The lowest BCUT2D eigenvalue weighted by molar-refractivity contribution is 0.0691. The van der Waals surface area contributed by atoms with Crippen LogP contribution in [-0.2, 0) is 0 Å². The summed E-state index contributed by atoms with van der Waals surface area (Å²) in [5.41, 5.74) is 2.49. The summed E-state index contributed by atoms with van der Waals surface area (Å²) in [4.78, 5) is 16.4. The molecule has 1 heterocycles. The van der Waals surface area contributed by atoms with E-state index >= 15 is 0 Å². The Bertz CT molecular complexity index is 1050. The number of halogens is 1. The van der Waals surface area contributed by atoms with Gasteiger partial charge in [0.2, 0.25) is 0 Å². The molecule has 1 N–H and O–H groups in total. The smallest absolute Gasteiger partial charge is 0.338 e. The van der Waals surface area contributed by atoms with Crippen LogP contribution >= 0.6 is 11.3 Å². The van der Waals surface area contributed by atoms with Crippen molar-refractivity contribution in [2.24, 2.45) is 5.92 Å². The van der Waals surface area contributed by atoms with Gasteiger partial charge in [0.1, 0.15) is 16.6 Å². The van der Waals surface area contributed by atoms with Crippen molar-refractivity contribution in [3.05, 3.63) is 59.5 Å². The zero-order valence-corrected chi connectivity index (χ0v) is 17.8. The summed E-state index contributed by atoms with van der Waals surface area (Å²) >= 11 is 1.43. The maximum atomic E-state index is 14.2. The lowest BCUT2D eigenvalue weighted by atomic mass is 9.79. The molecule has 1 fully saturated rings. The summed E-state index contributed by atoms with van der Waals surface area (Å²) in [6.45, 7) is 2.33. The van der Waals surface area contributed by atoms with Crippen molar-refractivity contribution >= 4 is 17.3 Å². The van der Waals surface area contributed by atoms with Gasteiger partial charge in [-0.15, -0.1) is 11.3 Å². The van der Waals surface area contributed by atoms with Crippen LogP contribution in [0.25, 0.3) is 21.0 Å². The second kappa shape index (κ2) is 8.56. The molecule has 1 saturated carbocycles. The molecular formula is C24H24FNO3S. The fourth-order valence-corrected chi connectivity index (χ4v) is 5.04. The highest BCUT2D eigenvalue weighted by Crippen LogP contribution is 2.40. The predicted molar refractivity (Wildman–Crippen MR) is 117 cm³/mol. The Balaban J connectivity index is 1.59. The number of ether oxygens (including phenoxy) is 1. The highest BCUT2D eigenvalue weighted by Gasteiger charge is 2.21. The quantitative estimate of drug-likeness (QED) is 0.499. The van der Waals surface area contributed by atoms with Crippen LogP contribution in [0.1, 0.15) is 54.4 Å². The summed E-state index contributed by atoms with van der Waals surface area (Å²) < 4.78 is 19.5. The molecule has 156 valence electrons. The van der Waals surface area contributed by atoms with E-state index < -0.39 is 17.3 Å². The van der Waals surface area contributed by atoms with E-state index in [1.165, 1.54) is 61.8 Å². The summed E-state index contributed by atoms with van der Waals surface area (Å²) in [6.07, 6.45) is 6.76. The number of benzene rings is 2. The van der Waals surface area contributed by atoms with Crippen molar-refractivity contribution in [1.29, 1.82) is 0 Å². The van der Waals surface area contributed by atoms with E-state index in [0.29, 0.717) is 17.2 Å². The largest absolute Gasteiger partial charge is 0.496 e. The molecule has 0 bridgehead atoms. The Kier molecular flexibility index (Phi) is 5.86. The number of carbonyl (C=O) groups is 1. The predicted octanol–water partition coefficient (Wildman–Crippen LogP) is 6.62. The standard InChI is InChI=1S/C24H24FNO3S/c1-14-3-5-15(6-4-14)16-7-9-17(10-8-16)23-26-13-22(30-23)19-11-20(25)18(24(27)28)12-21(19)29-2/h7-15H,3-6H2,1-2H3,(H,27,28). The third-order valence-corrected chi connectivity index (χ3v) is 7.02. The van der Waals surface area contributed by atoms with Gasteiger partial charge in [-0.3, -0.25) is 0 Å². The maximum absolute atomic E-state index is 14.2. The third-order valence-electron chi connectivity index (χ3n) is 5.94. The van der Waals surface area contributed by atoms with E-state index in [4.69, 9.17) is 9.84 Å². The normalized spacial score (nSPS) is 18.9. The summed E-state index contributed by atoms with van der Waals surface area (Å²) in [6, 6.07) is 11.0. The molecule has 30 heavy (non-hydrogen) atoms. The molecule has 1 aromatic heterocycles. The van der Waals surface area contributed by atoms with Crippen molar-refractivity contribution < 1.29 is 19.0 Å². The first kappa shape index (κ1) is 20.5. The average molecular weight is 426 g/mol. The Labute approximate surface area is 179 Å². The second-order valence-electron chi connectivity index (χ2n) is 7.95. The minimum absolute atomic E-state index is 0.311. The van der Waals surface area contributed by atoms with Gasteiger partial charge < -0.3 is 9.84 Å². The fourth-order valence-electron chi connectivity index (χ4n) is 4.10. The van der Waals surface area contributed by atoms with Crippen molar-refractivity contribution in [2.75, 3.05) is 7.11 Å². The molecule has 0 unspecified atom stereocenters. The fraction of sp³-hybridized carbons (Fsp3) is 0.333. The maximum Gasteiger partial charge on any atom is 0.338 e. The number of hydrogen-bond acceptors (Lipinski definition) is 4. The molecule has 0 saturated heterocycles. The summed E-state index contributed by atoms with van der Waals surface area (Å²) in [5, 5.41) is 9.96. The van der Waals surface area contributed by atoms with Gasteiger partial charge in [0.05, 0.1) is 17.6 Å². The number of aromatic carboxylic acids is 1. The van der Waals surface area contributed by atoms with E-state index in [9.17, 15) is 9.18 Å². The van der Waals surface area contributed by atoms with Gasteiger partial charge in [-0.25, -0.2) is 14.2 Å². The van der Waals surface area contributed by atoms with Gasteiger partial charge in [-0.2, -0.15) is 0 Å². The Morgan fingerprint density at radius 1 is 1.17 bits per heavy atom. The number of nitrogens with zero attached hydrogens (tertiary/aromatic N) is 1. The number of thiazole rings is 1. The molecule has 0 amide bonds. The topological polar surface area (TPSA) is 59.4 Å². The van der Waals surface area contributed by atoms with Crippen LogP contribution in [0.15, 0.2) is 42.6 Å². The van der Waals surface area contributed by atoms with Gasteiger partial charge in [-0.1, -0.05) is 44.0 Å². The number of carboxylic acid groups (broad SMARTS) is 1. The van der Waals surface area contributed by atoms with Crippen molar-refractivity contribution in [3.8, 4) is 26.8 Å². The Morgan fingerprint density at radius 2 is 1.87 bits per heavy atom. The van der Waals surface area contributed by atoms with E-state index in [0.717, 1.165) is 21.4 Å². The van der Waals surface area contributed by atoms with E-state index in [-0.39, 0.29) is 0 Å². The highest BCUT2D eigenvalue weighted by molar-refractivity contribution is 7.18. The van der Waals surface area contributed by atoms with Crippen LogP contribution in [0, 0.1) is 11.7 Å². The summed E-state index contributed by atoms with van der Waals surface area (Å²) in [5.74, 6) is -0.331. The summed E-state index contributed by atoms with van der Waals surface area (Å²) in [7, 11) is 1.44. The number of aromatic nitrogens is 1. The lowest BCUT2D eigenvalue weighted by Crippen LogP contribution is -2.10. The molecule has 2 aromatic carbocycles. The molecule has 6 heteroatoms. The lowest BCUT2D eigenvalue weighted by Gasteiger charge is -2.26. The third kappa shape index (κ3) is 4.10.